The zero-order valence-electron chi connectivity index (χ0n) is 11.1. The van der Waals surface area contributed by atoms with Crippen molar-refractivity contribution in [1.29, 1.82) is 0 Å². The summed E-state index contributed by atoms with van der Waals surface area (Å²) in [5.74, 6) is 0.646. The zero-order valence-corrected chi connectivity index (χ0v) is 11.9. The number of methoxy groups -OCH3 is 1. The number of ether oxygens (including phenoxy) is 1. The first kappa shape index (κ1) is 14.3. The van der Waals surface area contributed by atoms with Crippen molar-refractivity contribution in [3.05, 3.63) is 24.3 Å². The molecule has 6 heteroatoms. The van der Waals surface area contributed by atoms with E-state index in [9.17, 15) is 8.42 Å². The Morgan fingerprint density at radius 3 is 2.37 bits per heavy atom. The Kier molecular flexibility index (Phi) is 4.44. The first-order valence-electron chi connectivity index (χ1n) is 6.45. The van der Waals surface area contributed by atoms with Gasteiger partial charge in [0, 0.05) is 19.1 Å². The fraction of sp³-hybridized carbons (Fsp3) is 0.538. The maximum Gasteiger partial charge on any atom is 0.243 e. The van der Waals surface area contributed by atoms with Crippen molar-refractivity contribution >= 4 is 10.0 Å². The predicted octanol–water partition coefficient (Wildman–Crippen LogP) is 1.20. The molecule has 0 saturated heterocycles. The second-order valence-electron chi connectivity index (χ2n) is 4.66. The summed E-state index contributed by atoms with van der Waals surface area (Å²) in [5, 5.41) is 0. The van der Waals surface area contributed by atoms with Crippen molar-refractivity contribution in [3.63, 3.8) is 0 Å². The van der Waals surface area contributed by atoms with Gasteiger partial charge < -0.3 is 10.5 Å². The van der Waals surface area contributed by atoms with Crippen molar-refractivity contribution in [3.8, 4) is 5.75 Å². The van der Waals surface area contributed by atoms with E-state index in [-0.39, 0.29) is 6.04 Å². The first-order chi connectivity index (χ1) is 9.09. The van der Waals surface area contributed by atoms with Gasteiger partial charge in [0.15, 0.2) is 0 Å². The van der Waals surface area contributed by atoms with Crippen LogP contribution in [0, 0.1) is 0 Å². The van der Waals surface area contributed by atoms with E-state index < -0.39 is 10.0 Å². The summed E-state index contributed by atoms with van der Waals surface area (Å²) < 4.78 is 31.8. The molecule has 0 bridgehead atoms. The number of benzene rings is 1. The fourth-order valence-corrected chi connectivity index (χ4v) is 3.88. The van der Waals surface area contributed by atoms with Gasteiger partial charge in [-0.15, -0.1) is 0 Å². The number of rotatable bonds is 6. The SMILES string of the molecule is COc1ccc(S(=O)(=O)N(CCN)C2CCC2)cc1. The Bertz CT molecular complexity index is 509. The minimum atomic E-state index is -3.45. The van der Waals surface area contributed by atoms with E-state index in [1.807, 2.05) is 0 Å². The van der Waals surface area contributed by atoms with Crippen LogP contribution in [0.5, 0.6) is 5.75 Å². The van der Waals surface area contributed by atoms with Crippen LogP contribution < -0.4 is 10.5 Å². The van der Waals surface area contributed by atoms with E-state index in [0.29, 0.717) is 23.7 Å². The third-order valence-corrected chi connectivity index (χ3v) is 5.46. The van der Waals surface area contributed by atoms with Crippen LogP contribution in [0.15, 0.2) is 29.2 Å². The van der Waals surface area contributed by atoms with Gasteiger partial charge in [0.05, 0.1) is 12.0 Å². The molecule has 1 aliphatic rings. The number of hydrogen-bond acceptors (Lipinski definition) is 4. The summed E-state index contributed by atoms with van der Waals surface area (Å²) in [4.78, 5) is 0.300. The molecule has 1 aromatic rings. The molecule has 19 heavy (non-hydrogen) atoms. The summed E-state index contributed by atoms with van der Waals surface area (Å²) in [7, 11) is -1.90. The lowest BCUT2D eigenvalue weighted by molar-refractivity contribution is 0.223. The third kappa shape index (κ3) is 2.91. The van der Waals surface area contributed by atoms with Crippen LogP contribution in [0.2, 0.25) is 0 Å². The van der Waals surface area contributed by atoms with E-state index in [1.165, 1.54) is 4.31 Å². The van der Waals surface area contributed by atoms with Gasteiger partial charge in [-0.25, -0.2) is 8.42 Å². The Morgan fingerprint density at radius 2 is 1.95 bits per heavy atom. The maximum atomic E-state index is 12.6. The third-order valence-electron chi connectivity index (χ3n) is 3.50. The van der Waals surface area contributed by atoms with Crippen LogP contribution >= 0.6 is 0 Å². The van der Waals surface area contributed by atoms with Crippen LogP contribution in [0.25, 0.3) is 0 Å². The number of hydrogen-bond donors (Lipinski definition) is 1. The molecule has 106 valence electrons. The Morgan fingerprint density at radius 1 is 1.32 bits per heavy atom. The van der Waals surface area contributed by atoms with Gasteiger partial charge in [-0.05, 0) is 37.1 Å². The topological polar surface area (TPSA) is 72.6 Å². The van der Waals surface area contributed by atoms with Gasteiger partial charge in [0.25, 0.3) is 0 Å². The highest BCUT2D eigenvalue weighted by Gasteiger charge is 2.34. The van der Waals surface area contributed by atoms with Crippen LogP contribution in [-0.4, -0.2) is 39.0 Å². The number of sulfonamides is 1. The van der Waals surface area contributed by atoms with E-state index in [2.05, 4.69) is 0 Å². The molecule has 2 N–H and O–H groups in total. The fourth-order valence-electron chi connectivity index (χ4n) is 2.18. The minimum absolute atomic E-state index is 0.107. The average molecular weight is 284 g/mol. The quantitative estimate of drug-likeness (QED) is 0.852. The van der Waals surface area contributed by atoms with Crippen LogP contribution in [-0.2, 0) is 10.0 Å². The maximum absolute atomic E-state index is 12.6. The molecule has 1 aliphatic carbocycles. The molecule has 5 nitrogen and oxygen atoms in total. The summed E-state index contributed by atoms with van der Waals surface area (Å²) in [6, 6.07) is 6.59. The Hall–Kier alpha value is -1.11. The summed E-state index contributed by atoms with van der Waals surface area (Å²) in [6.45, 7) is 0.713. The Labute approximate surface area is 114 Å². The molecule has 0 radical (unpaired) electrons. The lowest BCUT2D eigenvalue weighted by Crippen LogP contribution is -2.46. The van der Waals surface area contributed by atoms with Crippen molar-refractivity contribution in [1.82, 2.24) is 4.31 Å². The second-order valence-corrected chi connectivity index (χ2v) is 6.56. The van der Waals surface area contributed by atoms with E-state index in [4.69, 9.17) is 10.5 Å². The smallest absolute Gasteiger partial charge is 0.243 e. The molecule has 0 heterocycles. The molecule has 2 rings (SSSR count). The zero-order chi connectivity index (χ0) is 13.9. The van der Waals surface area contributed by atoms with Crippen LogP contribution in [0.1, 0.15) is 19.3 Å². The highest BCUT2D eigenvalue weighted by Crippen LogP contribution is 2.30. The van der Waals surface area contributed by atoms with E-state index in [0.717, 1.165) is 19.3 Å². The van der Waals surface area contributed by atoms with Crippen LogP contribution in [0.4, 0.5) is 0 Å². The molecule has 0 amide bonds. The molecule has 0 aliphatic heterocycles. The van der Waals surface area contributed by atoms with Crippen molar-refractivity contribution in [2.75, 3.05) is 20.2 Å². The number of nitrogens with two attached hydrogens (primary N) is 1. The molecule has 0 spiro atoms. The largest absolute Gasteiger partial charge is 0.497 e. The number of nitrogens with zero attached hydrogens (tertiary/aromatic N) is 1. The van der Waals surface area contributed by atoms with E-state index in [1.54, 1.807) is 31.4 Å². The predicted molar refractivity (Wildman–Crippen MR) is 73.6 cm³/mol. The molecule has 1 saturated carbocycles. The van der Waals surface area contributed by atoms with Crippen molar-refractivity contribution in [2.45, 2.75) is 30.2 Å². The standard InChI is InChI=1S/C13H20N2O3S/c1-18-12-5-7-13(8-6-12)19(16,17)15(10-9-14)11-3-2-4-11/h5-8,11H,2-4,9-10,14H2,1H3. The van der Waals surface area contributed by atoms with Gasteiger partial charge in [0.1, 0.15) is 5.75 Å². The van der Waals surface area contributed by atoms with Crippen LogP contribution in [0.3, 0.4) is 0 Å². The molecule has 0 aromatic heterocycles. The molecule has 0 atom stereocenters. The normalized spacial score (nSPS) is 16.4. The van der Waals surface area contributed by atoms with Gasteiger partial charge in [-0.2, -0.15) is 4.31 Å². The van der Waals surface area contributed by atoms with Gasteiger partial charge in [-0.1, -0.05) is 6.42 Å². The molecule has 1 fully saturated rings. The highest BCUT2D eigenvalue weighted by atomic mass is 32.2. The van der Waals surface area contributed by atoms with Gasteiger partial charge in [-0.3, -0.25) is 0 Å². The summed E-state index contributed by atoms with van der Waals surface area (Å²) >= 11 is 0. The first-order valence-corrected chi connectivity index (χ1v) is 7.89. The van der Waals surface area contributed by atoms with Crippen molar-refractivity contribution in [2.24, 2.45) is 5.73 Å². The molecule has 0 unspecified atom stereocenters. The second kappa shape index (κ2) is 5.90. The molecular formula is C13H20N2O3S. The summed E-state index contributed by atoms with van der Waals surface area (Å²) in [5.41, 5.74) is 5.54. The van der Waals surface area contributed by atoms with Crippen molar-refractivity contribution < 1.29 is 13.2 Å². The Balaban J connectivity index is 2.26. The summed E-state index contributed by atoms with van der Waals surface area (Å²) in [6.07, 6.45) is 2.94. The monoisotopic (exact) mass is 284 g/mol. The highest BCUT2D eigenvalue weighted by molar-refractivity contribution is 7.89. The lowest BCUT2D eigenvalue weighted by Gasteiger charge is -2.36. The average Bonchev–Trinajstić information content (AvgIpc) is 2.36. The van der Waals surface area contributed by atoms with E-state index >= 15 is 0 Å². The molecular weight excluding hydrogens is 264 g/mol. The lowest BCUT2D eigenvalue weighted by atomic mass is 9.93. The molecule has 1 aromatic carbocycles. The van der Waals surface area contributed by atoms with Gasteiger partial charge >= 0.3 is 0 Å². The van der Waals surface area contributed by atoms with Gasteiger partial charge in [0.2, 0.25) is 10.0 Å². The minimum Gasteiger partial charge on any atom is -0.497 e.